The lowest BCUT2D eigenvalue weighted by Crippen LogP contribution is -2.34. The highest BCUT2D eigenvalue weighted by Crippen LogP contribution is 2.20. The molecule has 13 heavy (non-hydrogen) atoms. The Morgan fingerprint density at radius 3 is 2.62 bits per heavy atom. The van der Waals surface area contributed by atoms with Crippen LogP contribution in [0.15, 0.2) is 18.3 Å². The largest absolute Gasteiger partial charge is 0.371 e. The summed E-state index contributed by atoms with van der Waals surface area (Å²) in [5.41, 5.74) is 7.17. The van der Waals surface area contributed by atoms with Crippen molar-refractivity contribution in [3.05, 3.63) is 29.6 Å². The Kier molecular flexibility index (Phi) is 3.01. The molecule has 0 radical (unpaired) electrons. The highest BCUT2D eigenvalue weighted by molar-refractivity contribution is 5.17. The normalized spacial score (nSPS) is 15.4. The van der Waals surface area contributed by atoms with Crippen molar-refractivity contribution >= 4 is 0 Å². The van der Waals surface area contributed by atoms with Crippen LogP contribution in [-0.4, -0.2) is 18.6 Å². The van der Waals surface area contributed by atoms with Crippen LogP contribution in [0.5, 0.6) is 0 Å². The molecule has 1 heterocycles. The lowest BCUT2D eigenvalue weighted by Gasteiger charge is -2.25. The first kappa shape index (κ1) is 10.2. The van der Waals surface area contributed by atoms with Crippen LogP contribution in [0.25, 0.3) is 0 Å². The Hall–Kier alpha value is -0.930. The van der Waals surface area contributed by atoms with E-state index in [1.54, 1.807) is 7.11 Å². The van der Waals surface area contributed by atoms with Gasteiger partial charge in [0.2, 0.25) is 0 Å². The number of hydrogen-bond donors (Lipinski definition) is 1. The molecule has 0 bridgehead atoms. The summed E-state index contributed by atoms with van der Waals surface area (Å²) in [5, 5.41) is 0. The fourth-order valence-corrected chi connectivity index (χ4v) is 1.07. The molecule has 1 atom stereocenters. The van der Waals surface area contributed by atoms with E-state index in [9.17, 15) is 0 Å². The summed E-state index contributed by atoms with van der Waals surface area (Å²) in [5.74, 6) is 0. The summed E-state index contributed by atoms with van der Waals surface area (Å²) in [6, 6.07) is 3.96. The first-order valence-corrected chi connectivity index (χ1v) is 4.31. The van der Waals surface area contributed by atoms with Crippen LogP contribution in [0.2, 0.25) is 0 Å². The first-order chi connectivity index (χ1) is 6.12. The molecule has 1 unspecified atom stereocenters. The zero-order chi connectivity index (χ0) is 9.90. The molecule has 0 aromatic carbocycles. The van der Waals surface area contributed by atoms with Gasteiger partial charge in [-0.1, -0.05) is 6.07 Å². The second-order valence-corrected chi connectivity index (χ2v) is 3.36. The van der Waals surface area contributed by atoms with E-state index in [0.29, 0.717) is 6.54 Å². The number of rotatable bonds is 3. The van der Waals surface area contributed by atoms with E-state index in [4.69, 9.17) is 10.5 Å². The van der Waals surface area contributed by atoms with Crippen LogP contribution in [0, 0.1) is 6.92 Å². The molecule has 1 rings (SSSR count). The summed E-state index contributed by atoms with van der Waals surface area (Å²) in [4.78, 5) is 4.29. The molecule has 1 aromatic heterocycles. The highest BCUT2D eigenvalue weighted by Gasteiger charge is 2.25. The third-order valence-corrected chi connectivity index (χ3v) is 2.29. The monoisotopic (exact) mass is 180 g/mol. The molecule has 0 aliphatic rings. The summed E-state index contributed by atoms with van der Waals surface area (Å²) in [6.07, 6.45) is 1.82. The maximum Gasteiger partial charge on any atom is 0.119 e. The van der Waals surface area contributed by atoms with Crippen LogP contribution >= 0.6 is 0 Å². The smallest absolute Gasteiger partial charge is 0.119 e. The quantitative estimate of drug-likeness (QED) is 0.760. The molecule has 1 aromatic rings. The Balaban J connectivity index is 2.99. The lowest BCUT2D eigenvalue weighted by atomic mass is 10.0. The Bertz CT molecular complexity index is 265. The highest BCUT2D eigenvalue weighted by atomic mass is 16.5. The van der Waals surface area contributed by atoms with Crippen LogP contribution in [-0.2, 0) is 10.3 Å². The van der Waals surface area contributed by atoms with Gasteiger partial charge in [0.1, 0.15) is 5.60 Å². The van der Waals surface area contributed by atoms with Crippen molar-refractivity contribution < 1.29 is 4.74 Å². The van der Waals surface area contributed by atoms with E-state index >= 15 is 0 Å². The molecule has 0 saturated carbocycles. The predicted octanol–water partition coefficient (Wildman–Crippen LogP) is 1.21. The van der Waals surface area contributed by atoms with E-state index in [2.05, 4.69) is 4.98 Å². The van der Waals surface area contributed by atoms with E-state index in [0.717, 1.165) is 11.3 Å². The summed E-state index contributed by atoms with van der Waals surface area (Å²) in [6.45, 7) is 4.37. The number of nitrogens with two attached hydrogens (primary N) is 1. The third kappa shape index (κ3) is 2.05. The molecule has 3 heteroatoms. The fraction of sp³-hybridized carbons (Fsp3) is 0.500. The van der Waals surface area contributed by atoms with Crippen LogP contribution < -0.4 is 5.73 Å². The molecule has 0 amide bonds. The van der Waals surface area contributed by atoms with Crippen molar-refractivity contribution in [2.75, 3.05) is 13.7 Å². The predicted molar refractivity (Wildman–Crippen MR) is 52.4 cm³/mol. The van der Waals surface area contributed by atoms with Crippen molar-refractivity contribution in [1.82, 2.24) is 4.98 Å². The van der Waals surface area contributed by atoms with Crippen molar-refractivity contribution in [3.63, 3.8) is 0 Å². The minimum atomic E-state index is -0.465. The molecule has 0 spiro atoms. The van der Waals surface area contributed by atoms with Gasteiger partial charge in [-0.3, -0.25) is 4.98 Å². The molecular formula is C10H16N2O. The number of methoxy groups -OCH3 is 1. The second kappa shape index (κ2) is 3.85. The Labute approximate surface area is 78.9 Å². The van der Waals surface area contributed by atoms with Gasteiger partial charge in [-0.25, -0.2) is 0 Å². The number of aryl methyl sites for hydroxylation is 1. The van der Waals surface area contributed by atoms with Crippen molar-refractivity contribution in [3.8, 4) is 0 Å². The van der Waals surface area contributed by atoms with Gasteiger partial charge >= 0.3 is 0 Å². The Morgan fingerprint density at radius 1 is 1.54 bits per heavy atom. The molecule has 3 nitrogen and oxygen atoms in total. The maximum atomic E-state index is 5.62. The number of nitrogens with zero attached hydrogens (tertiary/aromatic N) is 1. The minimum absolute atomic E-state index is 0.430. The SMILES string of the molecule is COC(C)(CN)c1ccc(C)cn1. The summed E-state index contributed by atoms with van der Waals surface area (Å²) in [7, 11) is 1.65. The van der Waals surface area contributed by atoms with Gasteiger partial charge in [0.15, 0.2) is 0 Å². The molecule has 0 aliphatic heterocycles. The average Bonchev–Trinajstić information content (AvgIpc) is 2.18. The topological polar surface area (TPSA) is 48.1 Å². The lowest BCUT2D eigenvalue weighted by molar-refractivity contribution is 0.00640. The van der Waals surface area contributed by atoms with Gasteiger partial charge < -0.3 is 10.5 Å². The van der Waals surface area contributed by atoms with E-state index in [1.165, 1.54) is 0 Å². The van der Waals surface area contributed by atoms with Crippen molar-refractivity contribution in [1.29, 1.82) is 0 Å². The minimum Gasteiger partial charge on any atom is -0.371 e. The fourth-order valence-electron chi connectivity index (χ4n) is 1.07. The molecular weight excluding hydrogens is 164 g/mol. The van der Waals surface area contributed by atoms with Crippen LogP contribution in [0.4, 0.5) is 0 Å². The number of aromatic nitrogens is 1. The van der Waals surface area contributed by atoms with E-state index in [-0.39, 0.29) is 0 Å². The second-order valence-electron chi connectivity index (χ2n) is 3.36. The van der Waals surface area contributed by atoms with Gasteiger partial charge in [-0.15, -0.1) is 0 Å². The zero-order valence-electron chi connectivity index (χ0n) is 8.37. The summed E-state index contributed by atoms with van der Waals surface area (Å²) >= 11 is 0. The molecule has 0 saturated heterocycles. The number of pyridine rings is 1. The van der Waals surface area contributed by atoms with Crippen molar-refractivity contribution in [2.24, 2.45) is 5.73 Å². The van der Waals surface area contributed by atoms with Crippen LogP contribution in [0.1, 0.15) is 18.2 Å². The van der Waals surface area contributed by atoms with Gasteiger partial charge in [0.25, 0.3) is 0 Å². The Morgan fingerprint density at radius 2 is 2.23 bits per heavy atom. The zero-order valence-corrected chi connectivity index (χ0v) is 8.37. The standard InChI is InChI=1S/C10H16N2O/c1-8-4-5-9(12-6-8)10(2,7-11)13-3/h4-6H,7,11H2,1-3H3. The van der Waals surface area contributed by atoms with Crippen molar-refractivity contribution in [2.45, 2.75) is 19.4 Å². The maximum absolute atomic E-state index is 5.62. The van der Waals surface area contributed by atoms with Crippen LogP contribution in [0.3, 0.4) is 0 Å². The van der Waals surface area contributed by atoms with Gasteiger partial charge in [0, 0.05) is 19.9 Å². The van der Waals surface area contributed by atoms with E-state index in [1.807, 2.05) is 32.2 Å². The van der Waals surface area contributed by atoms with Gasteiger partial charge in [-0.2, -0.15) is 0 Å². The number of ether oxygens (including phenoxy) is 1. The number of hydrogen-bond acceptors (Lipinski definition) is 3. The van der Waals surface area contributed by atoms with Gasteiger partial charge in [-0.05, 0) is 25.5 Å². The first-order valence-electron chi connectivity index (χ1n) is 4.31. The average molecular weight is 180 g/mol. The molecule has 72 valence electrons. The summed E-state index contributed by atoms with van der Waals surface area (Å²) < 4.78 is 5.33. The van der Waals surface area contributed by atoms with Gasteiger partial charge in [0.05, 0.1) is 5.69 Å². The molecule has 0 fully saturated rings. The van der Waals surface area contributed by atoms with E-state index < -0.39 is 5.60 Å². The molecule has 2 N–H and O–H groups in total. The molecule has 0 aliphatic carbocycles. The third-order valence-electron chi connectivity index (χ3n) is 2.29.